The zero-order valence-electron chi connectivity index (χ0n) is 13.4. The van der Waals surface area contributed by atoms with Crippen molar-refractivity contribution in [2.45, 2.75) is 20.0 Å². The lowest BCUT2D eigenvalue weighted by Gasteiger charge is -2.32. The third-order valence-corrected chi connectivity index (χ3v) is 3.77. The summed E-state index contributed by atoms with van der Waals surface area (Å²) in [5, 5.41) is 2.50. The molecule has 1 atom stereocenters. The molecule has 0 saturated heterocycles. The molecule has 0 aliphatic carbocycles. The number of carbonyl (C=O) groups is 2. The molecule has 0 fully saturated rings. The molecule has 0 bridgehead atoms. The molecule has 1 N–H and O–H groups in total. The summed E-state index contributed by atoms with van der Waals surface area (Å²) in [5.74, 6) is -0.757. The molecule has 1 heterocycles. The van der Waals surface area contributed by atoms with Crippen LogP contribution >= 0.6 is 0 Å². The van der Waals surface area contributed by atoms with Gasteiger partial charge in [-0.3, -0.25) is 14.5 Å². The molecular formula is C18H17FN2O3. The van der Waals surface area contributed by atoms with E-state index in [1.54, 1.807) is 44.2 Å². The number of para-hydroxylation sites is 2. The summed E-state index contributed by atoms with van der Waals surface area (Å²) in [6.45, 7) is 3.18. The Hall–Kier alpha value is -2.89. The van der Waals surface area contributed by atoms with Gasteiger partial charge in [0.25, 0.3) is 5.91 Å². The summed E-state index contributed by atoms with van der Waals surface area (Å²) in [6, 6.07) is 11.5. The van der Waals surface area contributed by atoms with Crippen LogP contribution in [-0.2, 0) is 9.59 Å². The molecule has 24 heavy (non-hydrogen) atoms. The topological polar surface area (TPSA) is 58.6 Å². The monoisotopic (exact) mass is 328 g/mol. The van der Waals surface area contributed by atoms with Crippen LogP contribution in [0, 0.1) is 12.7 Å². The van der Waals surface area contributed by atoms with Crippen molar-refractivity contribution in [3.05, 3.63) is 53.8 Å². The van der Waals surface area contributed by atoms with Gasteiger partial charge in [0.05, 0.1) is 11.4 Å². The van der Waals surface area contributed by atoms with Gasteiger partial charge in [-0.15, -0.1) is 0 Å². The summed E-state index contributed by atoms with van der Waals surface area (Å²) >= 11 is 0. The second-order valence-electron chi connectivity index (χ2n) is 5.68. The molecule has 2 aromatic rings. The van der Waals surface area contributed by atoms with Gasteiger partial charge in [-0.05, 0) is 43.7 Å². The van der Waals surface area contributed by atoms with Gasteiger partial charge in [0.1, 0.15) is 18.1 Å². The summed E-state index contributed by atoms with van der Waals surface area (Å²) in [4.78, 5) is 26.0. The highest BCUT2D eigenvalue weighted by Crippen LogP contribution is 2.33. The van der Waals surface area contributed by atoms with Crippen LogP contribution in [0.4, 0.5) is 15.8 Å². The number of carbonyl (C=O) groups excluding carboxylic acids is 2. The highest BCUT2D eigenvalue weighted by molar-refractivity contribution is 6.06. The van der Waals surface area contributed by atoms with Crippen molar-refractivity contribution in [1.82, 2.24) is 0 Å². The lowest BCUT2D eigenvalue weighted by molar-refractivity contribution is -0.127. The minimum absolute atomic E-state index is 0.0904. The van der Waals surface area contributed by atoms with Crippen LogP contribution in [0.2, 0.25) is 0 Å². The van der Waals surface area contributed by atoms with E-state index in [1.165, 1.54) is 17.0 Å². The van der Waals surface area contributed by atoms with Crippen molar-refractivity contribution in [3.63, 3.8) is 0 Å². The molecule has 0 spiro atoms. The van der Waals surface area contributed by atoms with Crippen LogP contribution in [0.25, 0.3) is 0 Å². The van der Waals surface area contributed by atoms with Gasteiger partial charge in [0, 0.05) is 0 Å². The van der Waals surface area contributed by atoms with Crippen molar-refractivity contribution in [1.29, 1.82) is 0 Å². The number of nitrogens with zero attached hydrogens (tertiary/aromatic N) is 1. The first kappa shape index (κ1) is 16.0. The van der Waals surface area contributed by atoms with Crippen molar-refractivity contribution in [2.24, 2.45) is 0 Å². The van der Waals surface area contributed by atoms with Crippen LogP contribution in [0.3, 0.4) is 0 Å². The maximum Gasteiger partial charge on any atom is 0.268 e. The minimum atomic E-state index is -0.677. The van der Waals surface area contributed by atoms with E-state index in [-0.39, 0.29) is 18.1 Å². The Bertz CT molecular complexity index is 807. The number of ether oxygens (including phenoxy) is 1. The minimum Gasteiger partial charge on any atom is -0.479 e. The van der Waals surface area contributed by atoms with E-state index in [0.29, 0.717) is 11.4 Å². The normalized spacial score (nSPS) is 16.4. The predicted octanol–water partition coefficient (Wildman–Crippen LogP) is 2.89. The van der Waals surface area contributed by atoms with Crippen molar-refractivity contribution in [3.8, 4) is 5.75 Å². The number of hydrogen-bond acceptors (Lipinski definition) is 3. The Balaban J connectivity index is 1.79. The number of hydrogen-bond donors (Lipinski definition) is 1. The molecule has 0 radical (unpaired) electrons. The quantitative estimate of drug-likeness (QED) is 0.942. The number of aryl methyl sites for hydroxylation is 1. The number of halogens is 1. The largest absolute Gasteiger partial charge is 0.479 e. The molecule has 2 aromatic carbocycles. The van der Waals surface area contributed by atoms with Crippen LogP contribution in [-0.4, -0.2) is 24.5 Å². The average Bonchev–Trinajstić information content (AvgIpc) is 2.54. The molecule has 0 saturated carbocycles. The molecule has 6 heteroatoms. The van der Waals surface area contributed by atoms with Gasteiger partial charge in [-0.2, -0.15) is 0 Å². The van der Waals surface area contributed by atoms with Crippen LogP contribution in [0.5, 0.6) is 5.75 Å². The van der Waals surface area contributed by atoms with Gasteiger partial charge in [-0.25, -0.2) is 4.39 Å². The van der Waals surface area contributed by atoms with E-state index in [9.17, 15) is 14.0 Å². The molecule has 1 aliphatic rings. The van der Waals surface area contributed by atoms with Crippen LogP contribution in [0.1, 0.15) is 12.5 Å². The molecule has 1 aliphatic heterocycles. The predicted molar refractivity (Wildman–Crippen MR) is 88.7 cm³/mol. The standard InChI is InChI=1S/C18H17FN2O3/c1-11-7-8-14(13(19)9-11)20-17(22)10-21-15-5-3-4-6-16(15)24-12(2)18(21)23/h3-9,12H,10H2,1-2H3,(H,20,22)/t12-/m0/s1. The Morgan fingerprint density at radius 1 is 1.29 bits per heavy atom. The number of amides is 2. The molecular weight excluding hydrogens is 311 g/mol. The van der Waals surface area contributed by atoms with Gasteiger partial charge in [-0.1, -0.05) is 18.2 Å². The lowest BCUT2D eigenvalue weighted by atomic mass is 10.2. The first-order chi connectivity index (χ1) is 11.5. The second-order valence-corrected chi connectivity index (χ2v) is 5.68. The first-order valence-corrected chi connectivity index (χ1v) is 7.59. The Morgan fingerprint density at radius 2 is 2.04 bits per heavy atom. The summed E-state index contributed by atoms with van der Waals surface area (Å²) < 4.78 is 19.4. The highest BCUT2D eigenvalue weighted by Gasteiger charge is 2.32. The fourth-order valence-corrected chi connectivity index (χ4v) is 2.58. The summed E-state index contributed by atoms with van der Waals surface area (Å²) in [5.41, 5.74) is 1.38. The van der Waals surface area contributed by atoms with Gasteiger partial charge < -0.3 is 10.1 Å². The highest BCUT2D eigenvalue weighted by atomic mass is 19.1. The molecule has 2 amide bonds. The summed E-state index contributed by atoms with van der Waals surface area (Å²) in [7, 11) is 0. The molecule has 3 rings (SSSR count). The fraction of sp³-hybridized carbons (Fsp3) is 0.222. The third-order valence-electron chi connectivity index (χ3n) is 3.77. The smallest absolute Gasteiger partial charge is 0.268 e. The van der Waals surface area contributed by atoms with Crippen molar-refractivity contribution < 1.29 is 18.7 Å². The first-order valence-electron chi connectivity index (χ1n) is 7.59. The number of anilines is 2. The van der Waals surface area contributed by atoms with Crippen molar-refractivity contribution >= 4 is 23.2 Å². The number of fused-ring (bicyclic) bond motifs is 1. The number of nitrogens with one attached hydrogen (secondary N) is 1. The lowest BCUT2D eigenvalue weighted by Crippen LogP contribution is -2.47. The molecule has 0 aromatic heterocycles. The van der Waals surface area contributed by atoms with Gasteiger partial charge in [0.2, 0.25) is 5.91 Å². The second kappa shape index (κ2) is 6.31. The Labute approximate surface area is 139 Å². The average molecular weight is 328 g/mol. The van der Waals surface area contributed by atoms with Crippen molar-refractivity contribution in [2.75, 3.05) is 16.8 Å². The van der Waals surface area contributed by atoms with Gasteiger partial charge >= 0.3 is 0 Å². The zero-order valence-corrected chi connectivity index (χ0v) is 13.4. The van der Waals surface area contributed by atoms with Gasteiger partial charge in [0.15, 0.2) is 6.10 Å². The van der Waals surface area contributed by atoms with E-state index < -0.39 is 17.8 Å². The molecule has 124 valence electrons. The third kappa shape index (κ3) is 3.08. The number of rotatable bonds is 3. The number of benzene rings is 2. The van der Waals surface area contributed by atoms with E-state index in [1.807, 2.05) is 0 Å². The Morgan fingerprint density at radius 3 is 2.79 bits per heavy atom. The fourth-order valence-electron chi connectivity index (χ4n) is 2.58. The van der Waals surface area contributed by atoms with E-state index in [2.05, 4.69) is 5.32 Å². The van der Waals surface area contributed by atoms with E-state index in [4.69, 9.17) is 4.74 Å². The van der Waals surface area contributed by atoms with Crippen LogP contribution < -0.4 is 15.0 Å². The maximum atomic E-state index is 13.9. The SMILES string of the molecule is Cc1ccc(NC(=O)CN2C(=O)[C@H](C)Oc3ccccc32)c(F)c1. The van der Waals surface area contributed by atoms with E-state index in [0.717, 1.165) is 5.56 Å². The Kier molecular flexibility index (Phi) is 4.20. The van der Waals surface area contributed by atoms with Crippen LogP contribution in [0.15, 0.2) is 42.5 Å². The summed E-state index contributed by atoms with van der Waals surface area (Å²) in [6.07, 6.45) is -0.677. The van der Waals surface area contributed by atoms with E-state index >= 15 is 0 Å². The molecule has 5 nitrogen and oxygen atoms in total. The molecule has 0 unspecified atom stereocenters. The zero-order chi connectivity index (χ0) is 17.3. The maximum absolute atomic E-state index is 13.9.